The van der Waals surface area contributed by atoms with Gasteiger partial charge in [0.05, 0.1) is 11.2 Å². The fourth-order valence-electron chi connectivity index (χ4n) is 3.86. The molecule has 24 heavy (non-hydrogen) atoms. The minimum Gasteiger partial charge on any atom is -0.310 e. The number of rotatable bonds is 2. The molecule has 124 valence electrons. The van der Waals surface area contributed by atoms with Gasteiger partial charge in [-0.05, 0) is 37.3 Å². The molecule has 4 nitrogen and oxygen atoms in total. The van der Waals surface area contributed by atoms with Crippen LogP contribution in [0.25, 0.3) is 10.9 Å². The molecule has 1 amide bonds. The normalized spacial score (nSPS) is 20.5. The third kappa shape index (κ3) is 2.71. The first-order valence-corrected chi connectivity index (χ1v) is 9.39. The summed E-state index contributed by atoms with van der Waals surface area (Å²) in [6.45, 7) is 2.19. The van der Waals surface area contributed by atoms with Gasteiger partial charge in [-0.25, -0.2) is 0 Å². The summed E-state index contributed by atoms with van der Waals surface area (Å²) in [5.41, 5.74) is 4.39. The number of para-hydroxylation sites is 1. The number of aryl methyl sites for hydroxylation is 1. The predicted octanol–water partition coefficient (Wildman–Crippen LogP) is 3.50. The molecule has 1 atom stereocenters. The van der Waals surface area contributed by atoms with Crippen LogP contribution in [-0.2, 0) is 22.4 Å². The van der Waals surface area contributed by atoms with Gasteiger partial charge < -0.3 is 4.90 Å². The summed E-state index contributed by atoms with van der Waals surface area (Å²) < 4.78 is 0. The average Bonchev–Trinajstić information content (AvgIpc) is 2.91. The van der Waals surface area contributed by atoms with Crippen LogP contribution in [-0.4, -0.2) is 27.8 Å². The van der Waals surface area contributed by atoms with Crippen molar-refractivity contribution < 1.29 is 9.59 Å². The van der Waals surface area contributed by atoms with E-state index < -0.39 is 0 Å². The van der Waals surface area contributed by atoms with Crippen LogP contribution in [0, 0.1) is 0 Å². The lowest BCUT2D eigenvalue weighted by molar-refractivity contribution is -0.117. The van der Waals surface area contributed by atoms with E-state index in [1.54, 1.807) is 6.92 Å². The Labute approximate surface area is 145 Å². The van der Waals surface area contributed by atoms with Crippen molar-refractivity contribution in [2.75, 3.05) is 11.4 Å². The Morgan fingerprint density at radius 3 is 2.88 bits per heavy atom. The highest BCUT2D eigenvalue weighted by molar-refractivity contribution is 8.14. The maximum atomic E-state index is 12.7. The molecular formula is C19H20N2O2S. The van der Waals surface area contributed by atoms with Gasteiger partial charge in [0.25, 0.3) is 0 Å². The van der Waals surface area contributed by atoms with Crippen LogP contribution in [0.1, 0.15) is 37.4 Å². The van der Waals surface area contributed by atoms with Crippen molar-refractivity contribution in [3.63, 3.8) is 0 Å². The number of thioether (sulfide) groups is 1. The summed E-state index contributed by atoms with van der Waals surface area (Å²) >= 11 is 1.29. The number of benzene rings is 1. The number of fused-ring (bicyclic) bond motifs is 2. The van der Waals surface area contributed by atoms with Gasteiger partial charge in [-0.2, -0.15) is 0 Å². The maximum absolute atomic E-state index is 12.7. The van der Waals surface area contributed by atoms with Gasteiger partial charge in [0.15, 0.2) is 5.12 Å². The van der Waals surface area contributed by atoms with E-state index in [2.05, 4.69) is 6.07 Å². The van der Waals surface area contributed by atoms with Crippen LogP contribution in [0.4, 0.5) is 5.69 Å². The molecule has 1 aliphatic carbocycles. The summed E-state index contributed by atoms with van der Waals surface area (Å²) in [5, 5.41) is 1.19. The molecule has 1 aromatic carbocycles. The Morgan fingerprint density at radius 1 is 1.25 bits per heavy atom. The van der Waals surface area contributed by atoms with E-state index in [1.165, 1.54) is 17.3 Å². The number of anilines is 1. The van der Waals surface area contributed by atoms with Crippen molar-refractivity contribution in [1.82, 2.24) is 4.98 Å². The second-order valence-corrected chi connectivity index (χ2v) is 8.03. The van der Waals surface area contributed by atoms with Crippen molar-refractivity contribution >= 4 is 39.4 Å². The van der Waals surface area contributed by atoms with Gasteiger partial charge in [-0.1, -0.05) is 30.0 Å². The highest BCUT2D eigenvalue weighted by atomic mass is 32.2. The molecule has 5 heteroatoms. The van der Waals surface area contributed by atoms with Crippen molar-refractivity contribution in [2.45, 2.75) is 44.3 Å². The molecule has 0 spiro atoms. The monoisotopic (exact) mass is 340 g/mol. The molecular weight excluding hydrogens is 320 g/mol. The lowest BCUT2D eigenvalue weighted by atomic mass is 9.92. The van der Waals surface area contributed by atoms with E-state index in [0.29, 0.717) is 13.0 Å². The lowest BCUT2D eigenvalue weighted by Gasteiger charge is -2.26. The number of carbonyl (C=O) groups excluding carboxylic acids is 2. The second kappa shape index (κ2) is 6.20. The lowest BCUT2D eigenvalue weighted by Crippen LogP contribution is -2.27. The largest absolute Gasteiger partial charge is 0.310 e. The van der Waals surface area contributed by atoms with E-state index in [1.807, 2.05) is 23.1 Å². The summed E-state index contributed by atoms with van der Waals surface area (Å²) in [6, 6.07) is 8.08. The fraction of sp³-hybridized carbons (Fsp3) is 0.421. The van der Waals surface area contributed by atoms with E-state index in [-0.39, 0.29) is 16.3 Å². The molecule has 0 bridgehead atoms. The zero-order chi connectivity index (χ0) is 16.7. The van der Waals surface area contributed by atoms with E-state index in [4.69, 9.17) is 4.98 Å². The molecule has 4 rings (SSSR count). The number of hydrogen-bond acceptors (Lipinski definition) is 4. The van der Waals surface area contributed by atoms with Gasteiger partial charge in [0, 0.05) is 36.2 Å². The predicted molar refractivity (Wildman–Crippen MR) is 97.4 cm³/mol. The first-order chi connectivity index (χ1) is 11.6. The fourth-order valence-corrected chi connectivity index (χ4v) is 4.78. The van der Waals surface area contributed by atoms with Crippen molar-refractivity contribution in [1.29, 1.82) is 0 Å². The van der Waals surface area contributed by atoms with Crippen molar-refractivity contribution in [3.05, 3.63) is 35.5 Å². The van der Waals surface area contributed by atoms with Crippen LogP contribution < -0.4 is 4.90 Å². The van der Waals surface area contributed by atoms with Gasteiger partial charge >= 0.3 is 0 Å². The quantitative estimate of drug-likeness (QED) is 0.839. The first kappa shape index (κ1) is 15.6. The summed E-state index contributed by atoms with van der Waals surface area (Å²) in [5.74, 6) is 0.123. The Balaban J connectivity index is 1.83. The van der Waals surface area contributed by atoms with E-state index in [9.17, 15) is 9.59 Å². The Bertz CT molecular complexity index is 833. The molecule has 2 heterocycles. The van der Waals surface area contributed by atoms with Gasteiger partial charge in [-0.15, -0.1) is 0 Å². The molecule has 2 aromatic rings. The van der Waals surface area contributed by atoms with Gasteiger partial charge in [0.2, 0.25) is 5.91 Å². The molecule has 1 aliphatic heterocycles. The second-order valence-electron chi connectivity index (χ2n) is 6.55. The summed E-state index contributed by atoms with van der Waals surface area (Å²) in [6.07, 6.45) is 4.72. The third-order valence-corrected chi connectivity index (χ3v) is 5.81. The number of aromatic nitrogens is 1. The number of carbonyl (C=O) groups is 2. The zero-order valence-electron chi connectivity index (χ0n) is 13.7. The number of hydrogen-bond donors (Lipinski definition) is 0. The standard InChI is InChI=1S/C19H20N2O2S/c1-12(22)24-13-10-18(23)21(11-13)19-14-6-2-4-8-16(14)20-17-9-5-3-7-15(17)19/h2,4,6,8,13H,3,5,7,9-11H2,1H3. The Kier molecular flexibility index (Phi) is 4.04. The molecule has 1 fully saturated rings. The molecule has 1 unspecified atom stereocenters. The maximum Gasteiger partial charge on any atom is 0.228 e. The number of amides is 1. The zero-order valence-corrected chi connectivity index (χ0v) is 14.6. The molecule has 0 N–H and O–H groups in total. The number of nitrogens with zero attached hydrogens (tertiary/aromatic N) is 2. The van der Waals surface area contributed by atoms with E-state index >= 15 is 0 Å². The van der Waals surface area contributed by atoms with E-state index in [0.717, 1.165) is 48.0 Å². The molecule has 0 saturated carbocycles. The third-order valence-electron chi connectivity index (χ3n) is 4.83. The van der Waals surface area contributed by atoms with Crippen LogP contribution in [0.5, 0.6) is 0 Å². The first-order valence-electron chi connectivity index (χ1n) is 8.51. The van der Waals surface area contributed by atoms with Crippen LogP contribution in [0.15, 0.2) is 24.3 Å². The molecule has 1 saturated heterocycles. The van der Waals surface area contributed by atoms with Gasteiger partial charge in [-0.3, -0.25) is 14.6 Å². The SMILES string of the molecule is CC(=O)SC1CC(=O)N(c2c3c(nc4ccccc24)CCCC3)C1. The summed E-state index contributed by atoms with van der Waals surface area (Å²) in [4.78, 5) is 30.8. The molecule has 1 aromatic heterocycles. The smallest absolute Gasteiger partial charge is 0.228 e. The van der Waals surface area contributed by atoms with Gasteiger partial charge in [0.1, 0.15) is 0 Å². The summed E-state index contributed by atoms with van der Waals surface area (Å²) in [7, 11) is 0. The Hall–Kier alpha value is -1.88. The van der Waals surface area contributed by atoms with Crippen molar-refractivity contribution in [3.8, 4) is 0 Å². The number of pyridine rings is 1. The minimum absolute atomic E-state index is 0.0566. The Morgan fingerprint density at radius 2 is 2.04 bits per heavy atom. The molecule has 2 aliphatic rings. The van der Waals surface area contributed by atoms with Crippen LogP contribution >= 0.6 is 11.8 Å². The average molecular weight is 340 g/mol. The van der Waals surface area contributed by atoms with Crippen LogP contribution in [0.2, 0.25) is 0 Å². The molecule has 0 radical (unpaired) electrons. The topological polar surface area (TPSA) is 50.3 Å². The highest BCUT2D eigenvalue weighted by Gasteiger charge is 2.35. The minimum atomic E-state index is 0.0566. The highest BCUT2D eigenvalue weighted by Crippen LogP contribution is 2.39. The van der Waals surface area contributed by atoms with Crippen molar-refractivity contribution in [2.24, 2.45) is 0 Å². The van der Waals surface area contributed by atoms with Crippen LogP contribution in [0.3, 0.4) is 0 Å².